The van der Waals surface area contributed by atoms with E-state index in [2.05, 4.69) is 43.0 Å². The molecule has 3 aromatic heterocycles. The Morgan fingerprint density at radius 1 is 0.744 bits per heavy atom. The number of aryl methyl sites for hydroxylation is 2. The number of aromatic amines is 2. The van der Waals surface area contributed by atoms with E-state index in [1.165, 1.54) is 7.11 Å². The van der Waals surface area contributed by atoms with Crippen molar-refractivity contribution < 1.29 is 19.4 Å². The van der Waals surface area contributed by atoms with Crippen molar-refractivity contribution in [1.29, 1.82) is 0 Å². The summed E-state index contributed by atoms with van der Waals surface area (Å²) in [6, 6.07) is 8.01. The zero-order valence-electron chi connectivity index (χ0n) is 25.3. The third-order valence-corrected chi connectivity index (χ3v) is 8.44. The van der Waals surface area contributed by atoms with E-state index in [9.17, 15) is 14.7 Å². The number of allylic oxidation sites excluding steroid dienone is 4. The fourth-order valence-corrected chi connectivity index (χ4v) is 5.86. The van der Waals surface area contributed by atoms with Crippen LogP contribution in [0.2, 0.25) is 0 Å². The fourth-order valence-electron chi connectivity index (χ4n) is 5.86. The predicted octanol–water partition coefficient (Wildman–Crippen LogP) is 7.90. The lowest BCUT2D eigenvalue weighted by Crippen LogP contribution is -2.00. The van der Waals surface area contributed by atoms with Gasteiger partial charge in [0.15, 0.2) is 0 Å². The molecule has 8 heteroatoms. The minimum absolute atomic E-state index is 0.0209. The molecule has 2 aliphatic rings. The largest absolute Gasteiger partial charge is 0.481 e. The molecule has 43 heavy (non-hydrogen) atoms. The van der Waals surface area contributed by atoms with Gasteiger partial charge in [-0.3, -0.25) is 9.59 Å². The maximum absolute atomic E-state index is 12.1. The highest BCUT2D eigenvalue weighted by Gasteiger charge is 2.23. The standard InChI is InChI=1S/C35H36N4O4/c1-8-22-18(3)26-14-27-21(6)25(11-13-35(42)43-7)33(38-27)17-32-24(10-12-34(40)41)20(5)29(39-32)16-31-23(9-2)19(4)28(37-31)15-30(22)36-26/h8-9,14-17,36-37H,1-2,10-13H2,3-7H3,(H,40,41). The van der Waals surface area contributed by atoms with Crippen molar-refractivity contribution in [3.05, 3.63) is 82.5 Å². The third kappa shape index (κ3) is 5.48. The van der Waals surface area contributed by atoms with Gasteiger partial charge in [0.05, 0.1) is 29.9 Å². The number of carboxylic acid groups (broad SMARTS) is 1. The Morgan fingerprint density at radius 2 is 1.21 bits per heavy atom. The van der Waals surface area contributed by atoms with E-state index in [1.54, 1.807) is 0 Å². The van der Waals surface area contributed by atoms with Crippen molar-refractivity contribution in [2.75, 3.05) is 7.11 Å². The van der Waals surface area contributed by atoms with Gasteiger partial charge in [0.25, 0.3) is 0 Å². The van der Waals surface area contributed by atoms with E-state index < -0.39 is 5.97 Å². The molecule has 3 aromatic rings. The smallest absolute Gasteiger partial charge is 0.305 e. The molecule has 5 rings (SSSR count). The lowest BCUT2D eigenvalue weighted by atomic mass is 9.98. The number of nitrogens with zero attached hydrogens (tertiary/aromatic N) is 2. The van der Waals surface area contributed by atoms with Crippen LogP contribution >= 0.6 is 0 Å². The lowest BCUT2D eigenvalue weighted by Gasteiger charge is -2.05. The molecule has 0 aliphatic carbocycles. The van der Waals surface area contributed by atoms with Crippen LogP contribution in [0.25, 0.3) is 56.5 Å². The minimum Gasteiger partial charge on any atom is -0.481 e. The van der Waals surface area contributed by atoms with Crippen LogP contribution in [0.1, 0.15) is 84.6 Å². The lowest BCUT2D eigenvalue weighted by molar-refractivity contribution is -0.140. The summed E-state index contributed by atoms with van der Waals surface area (Å²) in [4.78, 5) is 40.8. The maximum Gasteiger partial charge on any atom is 0.305 e. The van der Waals surface area contributed by atoms with Crippen LogP contribution in [-0.2, 0) is 14.3 Å². The summed E-state index contributed by atoms with van der Waals surface area (Å²) in [6.07, 6.45) is 4.65. The van der Waals surface area contributed by atoms with Crippen molar-refractivity contribution in [3.8, 4) is 0 Å². The average Bonchev–Trinajstić information content (AvgIpc) is 3.63. The summed E-state index contributed by atoms with van der Waals surface area (Å²) in [5.41, 5.74) is 14.2. The van der Waals surface area contributed by atoms with Crippen molar-refractivity contribution in [3.63, 3.8) is 0 Å². The number of carbonyl (C=O) groups excluding carboxylic acids is 1. The van der Waals surface area contributed by atoms with Crippen LogP contribution in [0.3, 0.4) is 0 Å². The molecule has 0 radical (unpaired) electrons. The average molecular weight is 577 g/mol. The maximum atomic E-state index is 12.1. The topological polar surface area (TPSA) is 121 Å². The number of rotatable bonds is 8. The first-order valence-corrected chi connectivity index (χ1v) is 14.3. The van der Waals surface area contributed by atoms with Gasteiger partial charge < -0.3 is 19.8 Å². The van der Waals surface area contributed by atoms with Crippen LogP contribution < -0.4 is 0 Å². The number of esters is 1. The molecular formula is C35H36N4O4. The minimum atomic E-state index is -0.873. The zero-order valence-corrected chi connectivity index (χ0v) is 25.3. The molecule has 0 atom stereocenters. The summed E-state index contributed by atoms with van der Waals surface area (Å²) >= 11 is 0. The molecule has 0 saturated heterocycles. The molecule has 0 unspecified atom stereocenters. The summed E-state index contributed by atoms with van der Waals surface area (Å²) in [5.74, 6) is -1.17. The number of aromatic nitrogens is 4. The summed E-state index contributed by atoms with van der Waals surface area (Å²) in [7, 11) is 1.38. The molecule has 0 spiro atoms. The Kier molecular flexibility index (Phi) is 8.04. The summed E-state index contributed by atoms with van der Waals surface area (Å²) in [5, 5.41) is 9.48. The van der Waals surface area contributed by atoms with Crippen molar-refractivity contribution >= 4 is 68.4 Å². The predicted molar refractivity (Wildman–Crippen MR) is 174 cm³/mol. The number of hydrogen-bond donors (Lipinski definition) is 3. The second-order valence-electron chi connectivity index (χ2n) is 10.9. The quantitative estimate of drug-likeness (QED) is 0.234. The highest BCUT2D eigenvalue weighted by Crippen LogP contribution is 2.38. The second-order valence-corrected chi connectivity index (χ2v) is 10.9. The number of carbonyl (C=O) groups is 2. The van der Waals surface area contributed by atoms with Crippen LogP contribution in [0.15, 0.2) is 37.4 Å². The number of hydrogen-bond acceptors (Lipinski definition) is 5. The molecule has 0 aromatic carbocycles. The van der Waals surface area contributed by atoms with Crippen molar-refractivity contribution in [2.45, 2.75) is 53.4 Å². The normalized spacial score (nSPS) is 13.0. The number of carboxylic acids is 1. The third-order valence-electron chi connectivity index (χ3n) is 8.44. The van der Waals surface area contributed by atoms with Gasteiger partial charge in [-0.25, -0.2) is 9.97 Å². The van der Waals surface area contributed by atoms with E-state index in [1.807, 2.05) is 44.2 Å². The number of aliphatic carboxylic acids is 1. The zero-order chi connectivity index (χ0) is 31.0. The first kappa shape index (κ1) is 29.5. The van der Waals surface area contributed by atoms with Crippen molar-refractivity contribution in [2.24, 2.45) is 0 Å². The number of H-pyrrole nitrogens is 2. The van der Waals surface area contributed by atoms with Crippen LogP contribution in [-0.4, -0.2) is 44.1 Å². The highest BCUT2D eigenvalue weighted by atomic mass is 16.5. The second kappa shape index (κ2) is 11.7. The first-order chi connectivity index (χ1) is 20.6. The Balaban J connectivity index is 1.91. The molecule has 0 saturated carbocycles. The van der Waals surface area contributed by atoms with E-state index in [0.29, 0.717) is 24.2 Å². The molecule has 3 N–H and O–H groups in total. The van der Waals surface area contributed by atoms with Gasteiger partial charge in [-0.2, -0.15) is 0 Å². The molecule has 220 valence electrons. The number of fused-ring (bicyclic) bond motifs is 8. The Labute approximate surface area is 250 Å². The van der Waals surface area contributed by atoms with Crippen LogP contribution in [0.4, 0.5) is 0 Å². The van der Waals surface area contributed by atoms with E-state index in [-0.39, 0.29) is 18.8 Å². The number of methoxy groups -OCH3 is 1. The van der Waals surface area contributed by atoms with Gasteiger partial charge in [0, 0.05) is 46.0 Å². The molecule has 2 aliphatic heterocycles. The SMILES string of the molecule is C=Cc1c(C)c2cc3[nH]c(cc4nc(cc5nc(cc1[nH]2)C(C)=C5CCC(=O)O)C(CCC(=O)OC)=C4C)c(C)c3C=C. The summed E-state index contributed by atoms with van der Waals surface area (Å²) in [6.45, 7) is 16.2. The number of ether oxygens (including phenoxy) is 1. The van der Waals surface area contributed by atoms with Gasteiger partial charge in [0.2, 0.25) is 0 Å². The van der Waals surface area contributed by atoms with Gasteiger partial charge in [-0.05, 0) is 98.2 Å². The van der Waals surface area contributed by atoms with Crippen molar-refractivity contribution in [1.82, 2.24) is 19.9 Å². The monoisotopic (exact) mass is 576 g/mol. The van der Waals surface area contributed by atoms with E-state index >= 15 is 0 Å². The number of nitrogens with one attached hydrogen (secondary N) is 2. The van der Waals surface area contributed by atoms with Gasteiger partial charge in [-0.1, -0.05) is 25.3 Å². The Bertz CT molecular complexity index is 1930. The molecule has 8 nitrogen and oxygen atoms in total. The molecule has 0 fully saturated rings. The van der Waals surface area contributed by atoms with Crippen LogP contribution in [0.5, 0.6) is 0 Å². The first-order valence-electron chi connectivity index (χ1n) is 14.3. The van der Waals surface area contributed by atoms with Gasteiger partial charge >= 0.3 is 11.9 Å². The molecule has 0 amide bonds. The Morgan fingerprint density at radius 3 is 1.70 bits per heavy atom. The molecule has 5 heterocycles. The van der Waals surface area contributed by atoms with Crippen LogP contribution in [0, 0.1) is 13.8 Å². The van der Waals surface area contributed by atoms with E-state index in [4.69, 9.17) is 14.7 Å². The van der Waals surface area contributed by atoms with E-state index in [0.717, 1.165) is 78.0 Å². The fraction of sp³-hybridized carbons (Fsp3) is 0.257. The highest BCUT2D eigenvalue weighted by molar-refractivity contribution is 5.97. The molecular weight excluding hydrogens is 540 g/mol. The summed E-state index contributed by atoms with van der Waals surface area (Å²) < 4.78 is 4.92. The molecule has 8 bridgehead atoms. The Hall–Kier alpha value is -4.98. The van der Waals surface area contributed by atoms with Gasteiger partial charge in [0.1, 0.15) is 0 Å². The van der Waals surface area contributed by atoms with Gasteiger partial charge in [-0.15, -0.1) is 0 Å².